The van der Waals surface area contributed by atoms with E-state index in [1.165, 1.54) is 0 Å². The molecular weight excluding hydrogens is 292 g/mol. The topological polar surface area (TPSA) is 53.0 Å². The summed E-state index contributed by atoms with van der Waals surface area (Å²) in [6.45, 7) is 3.07. The predicted molar refractivity (Wildman–Crippen MR) is 88.0 cm³/mol. The van der Waals surface area contributed by atoms with Crippen molar-refractivity contribution < 1.29 is 14.6 Å². The summed E-state index contributed by atoms with van der Waals surface area (Å²) in [6.07, 6.45) is 2.35. The molecule has 1 heterocycles. The van der Waals surface area contributed by atoms with Crippen LogP contribution < -0.4 is 0 Å². The fourth-order valence-corrected chi connectivity index (χ4v) is 3.79. The Labute approximate surface area is 137 Å². The van der Waals surface area contributed by atoms with Gasteiger partial charge in [-0.25, -0.2) is 0 Å². The molecule has 0 radical (unpaired) electrons. The quantitative estimate of drug-likeness (QED) is 0.912. The van der Waals surface area contributed by atoms with Gasteiger partial charge in [0.05, 0.1) is 6.10 Å². The Morgan fingerprint density at radius 2 is 1.87 bits per heavy atom. The molecule has 0 aromatic heterocycles. The second kappa shape index (κ2) is 7.43. The molecule has 1 amide bonds. The Kier molecular flexibility index (Phi) is 5.30. The Morgan fingerprint density at radius 3 is 2.43 bits per heavy atom. The molecule has 1 N–H and O–H groups in total. The zero-order chi connectivity index (χ0) is 16.2. The highest BCUT2D eigenvalue weighted by Gasteiger charge is 2.34. The van der Waals surface area contributed by atoms with Crippen molar-refractivity contribution in [1.82, 2.24) is 9.80 Å². The van der Waals surface area contributed by atoms with E-state index < -0.39 is 6.10 Å². The van der Waals surface area contributed by atoms with Gasteiger partial charge in [0.1, 0.15) is 0 Å². The highest BCUT2D eigenvalue weighted by molar-refractivity contribution is 5.82. The monoisotopic (exact) mass is 318 g/mol. The van der Waals surface area contributed by atoms with Crippen molar-refractivity contribution in [3.05, 3.63) is 35.9 Å². The van der Waals surface area contributed by atoms with E-state index in [1.807, 2.05) is 35.2 Å². The zero-order valence-corrected chi connectivity index (χ0v) is 13.7. The van der Waals surface area contributed by atoms with E-state index in [0.717, 1.165) is 37.9 Å². The number of hydrogen-bond acceptors (Lipinski definition) is 4. The summed E-state index contributed by atoms with van der Waals surface area (Å²) in [5.41, 5.74) is 0.897. The van der Waals surface area contributed by atoms with Crippen molar-refractivity contribution >= 4 is 5.91 Å². The summed E-state index contributed by atoms with van der Waals surface area (Å²) in [7, 11) is 1.58. The van der Waals surface area contributed by atoms with Crippen LogP contribution in [0.3, 0.4) is 0 Å². The van der Waals surface area contributed by atoms with E-state index in [1.54, 1.807) is 7.11 Å². The molecule has 1 saturated carbocycles. The van der Waals surface area contributed by atoms with Crippen LogP contribution in [0.4, 0.5) is 0 Å². The first-order valence-corrected chi connectivity index (χ1v) is 8.49. The predicted octanol–water partition coefficient (Wildman–Crippen LogP) is 1.43. The third kappa shape index (κ3) is 3.57. The van der Waals surface area contributed by atoms with Crippen molar-refractivity contribution in [2.24, 2.45) is 0 Å². The number of aliphatic hydroxyl groups is 1. The van der Waals surface area contributed by atoms with E-state index in [4.69, 9.17) is 4.74 Å². The Bertz CT molecular complexity index is 514. The summed E-state index contributed by atoms with van der Waals surface area (Å²) in [6, 6.07) is 9.92. The fraction of sp³-hybridized carbons (Fsp3) is 0.611. The molecule has 23 heavy (non-hydrogen) atoms. The van der Waals surface area contributed by atoms with Crippen molar-refractivity contribution in [2.45, 2.75) is 37.5 Å². The normalized spacial score (nSPS) is 27.1. The zero-order valence-electron chi connectivity index (χ0n) is 13.7. The van der Waals surface area contributed by atoms with Gasteiger partial charge in [-0.3, -0.25) is 9.69 Å². The largest absolute Gasteiger partial charge is 0.391 e. The smallest absolute Gasteiger partial charge is 0.256 e. The van der Waals surface area contributed by atoms with Gasteiger partial charge in [0.2, 0.25) is 0 Å². The van der Waals surface area contributed by atoms with E-state index in [9.17, 15) is 9.90 Å². The third-order valence-corrected chi connectivity index (χ3v) is 5.10. The molecule has 0 bridgehead atoms. The third-order valence-electron chi connectivity index (χ3n) is 5.10. The number of amides is 1. The number of hydrogen-bond donors (Lipinski definition) is 1. The van der Waals surface area contributed by atoms with Crippen LogP contribution in [0.1, 0.15) is 30.9 Å². The van der Waals surface area contributed by atoms with Gasteiger partial charge in [-0.2, -0.15) is 0 Å². The van der Waals surface area contributed by atoms with Crippen molar-refractivity contribution in [3.63, 3.8) is 0 Å². The molecule has 5 heteroatoms. The number of carbonyl (C=O) groups is 1. The van der Waals surface area contributed by atoms with Crippen LogP contribution in [0.5, 0.6) is 0 Å². The molecule has 1 aliphatic carbocycles. The molecule has 1 aliphatic heterocycles. The van der Waals surface area contributed by atoms with Crippen LogP contribution in [0.2, 0.25) is 0 Å². The van der Waals surface area contributed by atoms with Crippen LogP contribution in [0.15, 0.2) is 30.3 Å². The number of methoxy groups -OCH3 is 1. The first kappa shape index (κ1) is 16.4. The lowest BCUT2D eigenvalue weighted by atomic mass is 10.1. The maximum absolute atomic E-state index is 12.8. The van der Waals surface area contributed by atoms with Gasteiger partial charge >= 0.3 is 0 Å². The van der Waals surface area contributed by atoms with Gasteiger partial charge in [-0.1, -0.05) is 30.3 Å². The van der Waals surface area contributed by atoms with Gasteiger partial charge in [0.15, 0.2) is 6.10 Å². The standard InChI is InChI=1S/C18H26N2O3/c1-23-17(14-6-3-2-4-7-14)18(22)20-12-10-19(11-13-20)15-8-5-9-16(15)21/h2-4,6-7,15-17,21H,5,8-13H2,1H3. The molecule has 2 fully saturated rings. The lowest BCUT2D eigenvalue weighted by Gasteiger charge is -2.40. The number of carbonyl (C=O) groups excluding carboxylic acids is 1. The molecule has 126 valence electrons. The first-order valence-electron chi connectivity index (χ1n) is 8.49. The minimum Gasteiger partial charge on any atom is -0.391 e. The summed E-state index contributed by atoms with van der Waals surface area (Å²) in [5.74, 6) is 0.0327. The maximum atomic E-state index is 12.8. The minimum atomic E-state index is -0.528. The van der Waals surface area contributed by atoms with E-state index in [0.29, 0.717) is 13.1 Å². The van der Waals surface area contributed by atoms with Crippen LogP contribution in [0, 0.1) is 0 Å². The Hall–Kier alpha value is -1.43. The summed E-state index contributed by atoms with van der Waals surface area (Å²) >= 11 is 0. The van der Waals surface area contributed by atoms with Crippen molar-refractivity contribution in [1.29, 1.82) is 0 Å². The van der Waals surface area contributed by atoms with Gasteiger partial charge in [0, 0.05) is 39.3 Å². The lowest BCUT2D eigenvalue weighted by Crippen LogP contribution is -2.54. The Morgan fingerprint density at radius 1 is 1.17 bits per heavy atom. The van der Waals surface area contributed by atoms with Crippen LogP contribution in [0.25, 0.3) is 0 Å². The summed E-state index contributed by atoms with van der Waals surface area (Å²) in [4.78, 5) is 17.0. The van der Waals surface area contributed by atoms with Gasteiger partial charge in [0.25, 0.3) is 5.91 Å². The van der Waals surface area contributed by atoms with Gasteiger partial charge in [-0.15, -0.1) is 0 Å². The fourth-order valence-electron chi connectivity index (χ4n) is 3.79. The van der Waals surface area contributed by atoms with Crippen molar-refractivity contribution in [3.8, 4) is 0 Å². The molecule has 3 atom stereocenters. The average molecular weight is 318 g/mol. The van der Waals surface area contributed by atoms with E-state index >= 15 is 0 Å². The SMILES string of the molecule is COC(C(=O)N1CCN(C2CCCC2O)CC1)c1ccccc1. The van der Waals surface area contributed by atoms with Crippen LogP contribution in [-0.2, 0) is 9.53 Å². The number of aliphatic hydroxyl groups excluding tert-OH is 1. The van der Waals surface area contributed by atoms with Crippen LogP contribution in [-0.4, -0.2) is 66.2 Å². The highest BCUT2D eigenvalue weighted by Crippen LogP contribution is 2.26. The van der Waals surface area contributed by atoms with E-state index in [2.05, 4.69) is 4.90 Å². The second-order valence-electron chi connectivity index (χ2n) is 6.45. The van der Waals surface area contributed by atoms with Gasteiger partial charge < -0.3 is 14.7 Å². The molecule has 2 aliphatic rings. The summed E-state index contributed by atoms with van der Waals surface area (Å²) in [5, 5.41) is 10.0. The van der Waals surface area contributed by atoms with Crippen molar-refractivity contribution in [2.75, 3.05) is 33.3 Å². The first-order chi connectivity index (χ1) is 11.2. The number of nitrogens with zero attached hydrogens (tertiary/aromatic N) is 2. The molecule has 5 nitrogen and oxygen atoms in total. The maximum Gasteiger partial charge on any atom is 0.256 e. The molecule has 0 spiro atoms. The average Bonchev–Trinajstić information content (AvgIpc) is 3.02. The number of rotatable bonds is 4. The van der Waals surface area contributed by atoms with Gasteiger partial charge in [-0.05, 0) is 24.8 Å². The minimum absolute atomic E-state index is 0.0327. The highest BCUT2D eigenvalue weighted by atomic mass is 16.5. The molecular formula is C18H26N2O3. The number of ether oxygens (including phenoxy) is 1. The molecule has 1 aromatic carbocycles. The summed E-state index contributed by atoms with van der Waals surface area (Å²) < 4.78 is 5.45. The second-order valence-corrected chi connectivity index (χ2v) is 6.45. The molecule has 3 rings (SSSR count). The van der Waals surface area contributed by atoms with E-state index in [-0.39, 0.29) is 18.1 Å². The number of benzene rings is 1. The number of piperazine rings is 1. The molecule has 3 unspecified atom stereocenters. The molecule has 1 aromatic rings. The van der Waals surface area contributed by atoms with Crippen LogP contribution >= 0.6 is 0 Å². The lowest BCUT2D eigenvalue weighted by molar-refractivity contribution is -0.144. The Balaban J connectivity index is 1.59. The molecule has 1 saturated heterocycles.